The van der Waals surface area contributed by atoms with Gasteiger partial charge in [0.1, 0.15) is 0 Å². The molecule has 1 aliphatic carbocycles. The molecule has 0 amide bonds. The molecule has 1 N–H and O–H groups in total. The molecular weight excluding hydrogens is 122 g/mol. The Bertz CT molecular complexity index is 74.0. The van der Waals surface area contributed by atoms with Crippen LogP contribution in [-0.2, 0) is 0 Å². The molecule has 10 heavy (non-hydrogen) atoms. The Balaban J connectivity index is 0.000000219. The van der Waals surface area contributed by atoms with Gasteiger partial charge in [-0.3, -0.25) is 0 Å². The normalized spacial score (nSPS) is 12.8. The summed E-state index contributed by atoms with van der Waals surface area (Å²) in [5.41, 5.74) is 0. The van der Waals surface area contributed by atoms with E-state index in [1.807, 2.05) is 12.2 Å². The zero-order valence-electron chi connectivity index (χ0n) is 6.60. The minimum atomic E-state index is 0.867. The smallest absolute Gasteiger partial charge is 0.0135 e. The summed E-state index contributed by atoms with van der Waals surface area (Å²) >= 11 is 0. The topological polar surface area (TPSA) is 12.0 Å². The fraction of sp³-hybridized carbons (Fsp3) is 0.556. The van der Waals surface area contributed by atoms with Gasteiger partial charge in [0, 0.05) is 13.1 Å². The summed E-state index contributed by atoms with van der Waals surface area (Å²) in [6, 6.07) is 0. The Hall–Kier alpha value is -0.560. The van der Waals surface area contributed by atoms with Gasteiger partial charge in [0.15, 0.2) is 0 Å². The van der Waals surface area contributed by atoms with Crippen LogP contribution in [-0.4, -0.2) is 13.1 Å². The van der Waals surface area contributed by atoms with Crippen LogP contribution in [0.1, 0.15) is 19.3 Å². The zero-order chi connectivity index (χ0) is 7.66. The van der Waals surface area contributed by atoms with Gasteiger partial charge in [0.05, 0.1) is 0 Å². The Morgan fingerprint density at radius 2 is 1.40 bits per heavy atom. The molecule has 0 bridgehead atoms. The highest BCUT2D eigenvalue weighted by Gasteiger charge is 1.95. The lowest BCUT2D eigenvalue weighted by Crippen LogP contribution is -2.11. The van der Waals surface area contributed by atoms with E-state index in [1.54, 1.807) is 0 Å². The van der Waals surface area contributed by atoms with E-state index in [0.717, 1.165) is 13.1 Å². The van der Waals surface area contributed by atoms with E-state index in [9.17, 15) is 0 Å². The number of nitrogens with one attached hydrogen (secondary N) is 1. The predicted octanol–water partition coefficient (Wildman–Crippen LogP) is 2.12. The minimum absolute atomic E-state index is 0.867. The number of hydrogen-bond acceptors (Lipinski definition) is 1. The largest absolute Gasteiger partial charge is 0.310 e. The first-order valence-electron chi connectivity index (χ1n) is 3.84. The third-order valence-corrected chi connectivity index (χ3v) is 0.931. The van der Waals surface area contributed by atoms with Crippen molar-refractivity contribution in [2.24, 2.45) is 0 Å². The molecule has 1 heteroatoms. The predicted molar refractivity (Wildman–Crippen MR) is 47.1 cm³/mol. The Kier molecular flexibility index (Phi) is 7.97. The first kappa shape index (κ1) is 9.44. The molecule has 0 atom stereocenters. The third kappa shape index (κ3) is 15.7. The van der Waals surface area contributed by atoms with E-state index in [0.29, 0.717) is 0 Å². The lowest BCUT2D eigenvalue weighted by Gasteiger charge is -1.90. The van der Waals surface area contributed by atoms with Crippen molar-refractivity contribution in [1.29, 1.82) is 0 Å². The van der Waals surface area contributed by atoms with Crippen molar-refractivity contribution in [3.63, 3.8) is 0 Å². The molecule has 58 valence electrons. The summed E-state index contributed by atoms with van der Waals surface area (Å²) in [7, 11) is 0. The maximum absolute atomic E-state index is 3.54. The molecule has 0 aromatic heterocycles. The van der Waals surface area contributed by atoms with E-state index in [4.69, 9.17) is 0 Å². The molecule has 1 saturated carbocycles. The lowest BCUT2D eigenvalue weighted by atomic mass is 10.5. The van der Waals surface area contributed by atoms with E-state index in [1.165, 1.54) is 19.3 Å². The monoisotopic (exact) mass is 139 g/mol. The number of hydrogen-bond donors (Lipinski definition) is 1. The molecule has 0 spiro atoms. The maximum atomic E-state index is 3.54. The van der Waals surface area contributed by atoms with Gasteiger partial charge in [-0.2, -0.15) is 0 Å². The SMILES string of the molecule is C1CC1.C=CCNCC=C. The van der Waals surface area contributed by atoms with Gasteiger partial charge in [-0.1, -0.05) is 31.4 Å². The van der Waals surface area contributed by atoms with Gasteiger partial charge >= 0.3 is 0 Å². The molecule has 1 rings (SSSR count). The Morgan fingerprint density at radius 1 is 1.00 bits per heavy atom. The van der Waals surface area contributed by atoms with Gasteiger partial charge in [-0.05, 0) is 0 Å². The average Bonchev–Trinajstić information content (AvgIpc) is 2.73. The molecule has 0 saturated heterocycles. The highest BCUT2D eigenvalue weighted by Crippen LogP contribution is 2.14. The Morgan fingerprint density at radius 3 is 1.60 bits per heavy atom. The summed E-state index contributed by atoms with van der Waals surface area (Å²) in [6.45, 7) is 8.81. The average molecular weight is 139 g/mol. The molecule has 0 aromatic carbocycles. The van der Waals surface area contributed by atoms with Crippen molar-refractivity contribution in [1.82, 2.24) is 5.32 Å². The molecule has 0 radical (unpaired) electrons. The van der Waals surface area contributed by atoms with Crippen LogP contribution in [0.25, 0.3) is 0 Å². The molecule has 0 unspecified atom stereocenters. The van der Waals surface area contributed by atoms with Gasteiger partial charge in [-0.15, -0.1) is 13.2 Å². The first-order valence-corrected chi connectivity index (χ1v) is 3.84. The van der Waals surface area contributed by atoms with Crippen LogP contribution in [0.4, 0.5) is 0 Å². The summed E-state index contributed by atoms with van der Waals surface area (Å²) < 4.78 is 0. The molecule has 0 heterocycles. The van der Waals surface area contributed by atoms with Gasteiger partial charge < -0.3 is 5.32 Å². The van der Waals surface area contributed by atoms with Crippen molar-refractivity contribution in [3.8, 4) is 0 Å². The van der Waals surface area contributed by atoms with E-state index in [2.05, 4.69) is 18.5 Å². The van der Waals surface area contributed by atoms with Crippen molar-refractivity contribution in [2.75, 3.05) is 13.1 Å². The van der Waals surface area contributed by atoms with Crippen molar-refractivity contribution >= 4 is 0 Å². The van der Waals surface area contributed by atoms with Crippen LogP contribution in [0.5, 0.6) is 0 Å². The summed E-state index contributed by atoms with van der Waals surface area (Å²) in [6.07, 6.45) is 8.15. The van der Waals surface area contributed by atoms with Gasteiger partial charge in [-0.25, -0.2) is 0 Å². The van der Waals surface area contributed by atoms with Crippen LogP contribution in [0.2, 0.25) is 0 Å². The van der Waals surface area contributed by atoms with E-state index >= 15 is 0 Å². The van der Waals surface area contributed by atoms with E-state index in [-0.39, 0.29) is 0 Å². The van der Waals surface area contributed by atoms with Gasteiger partial charge in [0.25, 0.3) is 0 Å². The summed E-state index contributed by atoms with van der Waals surface area (Å²) in [4.78, 5) is 0. The third-order valence-electron chi connectivity index (χ3n) is 0.931. The lowest BCUT2D eigenvalue weighted by molar-refractivity contribution is 0.845. The van der Waals surface area contributed by atoms with E-state index < -0.39 is 0 Å². The molecule has 1 aliphatic rings. The second-order valence-corrected chi connectivity index (χ2v) is 2.30. The van der Waals surface area contributed by atoms with Crippen molar-refractivity contribution in [2.45, 2.75) is 19.3 Å². The Labute approximate surface area is 63.8 Å². The molecule has 1 fully saturated rings. The second kappa shape index (κ2) is 8.44. The standard InChI is InChI=1S/C6H11N.C3H6/c1-3-5-7-6-4-2;1-2-3-1/h3-4,7H,1-2,5-6H2;1-3H2. The fourth-order valence-electron chi connectivity index (χ4n) is 0.287. The van der Waals surface area contributed by atoms with Crippen molar-refractivity contribution < 1.29 is 0 Å². The zero-order valence-corrected chi connectivity index (χ0v) is 6.60. The molecule has 0 aliphatic heterocycles. The first-order chi connectivity index (χ1) is 4.91. The fourth-order valence-corrected chi connectivity index (χ4v) is 0.287. The second-order valence-electron chi connectivity index (χ2n) is 2.30. The summed E-state index contributed by atoms with van der Waals surface area (Å²) in [5.74, 6) is 0. The van der Waals surface area contributed by atoms with Crippen LogP contribution in [0.3, 0.4) is 0 Å². The van der Waals surface area contributed by atoms with Crippen LogP contribution < -0.4 is 5.32 Å². The van der Waals surface area contributed by atoms with Crippen LogP contribution in [0, 0.1) is 0 Å². The maximum Gasteiger partial charge on any atom is 0.0135 e. The highest BCUT2D eigenvalue weighted by molar-refractivity contribution is 4.75. The molecular formula is C9H17N. The molecule has 0 aromatic rings. The summed E-state index contributed by atoms with van der Waals surface area (Å²) in [5, 5.41) is 3.05. The quantitative estimate of drug-likeness (QED) is 0.464. The van der Waals surface area contributed by atoms with Crippen LogP contribution >= 0.6 is 0 Å². The highest BCUT2D eigenvalue weighted by atomic mass is 14.8. The van der Waals surface area contributed by atoms with Crippen LogP contribution in [0.15, 0.2) is 25.3 Å². The number of rotatable bonds is 4. The molecule has 1 nitrogen and oxygen atoms in total. The van der Waals surface area contributed by atoms with Gasteiger partial charge in [0.2, 0.25) is 0 Å². The minimum Gasteiger partial charge on any atom is -0.310 e. The van der Waals surface area contributed by atoms with Crippen molar-refractivity contribution in [3.05, 3.63) is 25.3 Å².